The number of nitrogens with zero attached hydrogens (tertiary/aromatic N) is 1. The molecule has 1 aromatic heterocycles. The fraction of sp³-hybridized carbons (Fsp3) is 0.571. The molecule has 0 radical (unpaired) electrons. The van der Waals surface area contributed by atoms with E-state index in [-0.39, 0.29) is 24.9 Å². The average molecular weight is 330 g/mol. The first-order valence-corrected chi connectivity index (χ1v) is 8.27. The first-order chi connectivity index (χ1) is 10.0. The van der Waals surface area contributed by atoms with Gasteiger partial charge in [0, 0.05) is 10.9 Å². The Kier molecular flexibility index (Phi) is 6.02. The molecule has 0 atom stereocenters. The minimum atomic E-state index is -0.389. The fourth-order valence-electron chi connectivity index (χ4n) is 2.66. The normalized spacial score (nSPS) is 15.5. The maximum absolute atomic E-state index is 12.0. The molecule has 0 aliphatic heterocycles. The van der Waals surface area contributed by atoms with E-state index in [1.165, 1.54) is 11.3 Å². The van der Waals surface area contributed by atoms with Crippen LogP contribution >= 0.6 is 22.9 Å². The van der Waals surface area contributed by atoms with Gasteiger partial charge in [-0.25, -0.2) is 0 Å². The summed E-state index contributed by atoms with van der Waals surface area (Å²) >= 11 is 7.30. The van der Waals surface area contributed by atoms with Gasteiger partial charge in [-0.2, -0.15) is 0 Å². The van der Waals surface area contributed by atoms with Gasteiger partial charge < -0.3 is 11.1 Å². The summed E-state index contributed by atoms with van der Waals surface area (Å²) in [6.07, 6.45) is 4.35. The maximum Gasteiger partial charge on any atom is 0.234 e. The molecule has 21 heavy (non-hydrogen) atoms. The Bertz CT molecular complexity index is 500. The summed E-state index contributed by atoms with van der Waals surface area (Å²) in [6, 6.07) is 4.00. The maximum atomic E-state index is 12.0. The van der Waals surface area contributed by atoms with Gasteiger partial charge in [0.1, 0.15) is 0 Å². The average Bonchev–Trinajstić information content (AvgIpc) is 3.06. The van der Waals surface area contributed by atoms with Crippen molar-refractivity contribution in [3.63, 3.8) is 0 Å². The summed E-state index contributed by atoms with van der Waals surface area (Å²) in [6.45, 7) is 0.820. The van der Waals surface area contributed by atoms with Gasteiger partial charge >= 0.3 is 0 Å². The van der Waals surface area contributed by atoms with Gasteiger partial charge in [-0.3, -0.25) is 14.5 Å². The Labute approximate surface area is 133 Å². The largest absolute Gasteiger partial charge is 0.369 e. The van der Waals surface area contributed by atoms with Crippen molar-refractivity contribution >= 4 is 34.8 Å². The first-order valence-electron chi connectivity index (χ1n) is 7.08. The summed E-state index contributed by atoms with van der Waals surface area (Å²) in [7, 11) is 0. The molecule has 116 valence electrons. The lowest BCUT2D eigenvalue weighted by Crippen LogP contribution is -2.45. The smallest absolute Gasteiger partial charge is 0.234 e. The Morgan fingerprint density at radius 3 is 2.62 bits per heavy atom. The molecule has 0 unspecified atom stereocenters. The van der Waals surface area contributed by atoms with Gasteiger partial charge in [0.15, 0.2) is 0 Å². The number of primary amides is 1. The van der Waals surface area contributed by atoms with Crippen LogP contribution in [0.4, 0.5) is 0 Å². The summed E-state index contributed by atoms with van der Waals surface area (Å²) in [5.41, 5.74) is 5.28. The third kappa shape index (κ3) is 5.30. The molecule has 1 aliphatic carbocycles. The van der Waals surface area contributed by atoms with Crippen molar-refractivity contribution < 1.29 is 9.59 Å². The predicted octanol–water partition coefficient (Wildman–Crippen LogP) is 1.75. The highest BCUT2D eigenvalue weighted by atomic mass is 35.5. The second-order valence-electron chi connectivity index (χ2n) is 5.29. The van der Waals surface area contributed by atoms with E-state index in [4.69, 9.17) is 17.3 Å². The Hall–Kier alpha value is -1.11. The minimum absolute atomic E-state index is 0.0901. The van der Waals surface area contributed by atoms with E-state index in [1.54, 1.807) is 0 Å². The van der Waals surface area contributed by atoms with E-state index in [2.05, 4.69) is 5.32 Å². The van der Waals surface area contributed by atoms with E-state index in [9.17, 15) is 9.59 Å². The number of carbonyl (C=O) groups excluding carboxylic acids is 2. The second-order valence-corrected chi connectivity index (χ2v) is 7.09. The zero-order valence-corrected chi connectivity index (χ0v) is 13.4. The van der Waals surface area contributed by atoms with Crippen molar-refractivity contribution in [3.8, 4) is 0 Å². The van der Waals surface area contributed by atoms with E-state index in [1.807, 2.05) is 17.0 Å². The molecule has 3 N–H and O–H groups in total. The molecule has 2 rings (SSSR count). The zero-order valence-electron chi connectivity index (χ0n) is 11.8. The van der Waals surface area contributed by atoms with Crippen LogP contribution < -0.4 is 11.1 Å². The Morgan fingerprint density at radius 1 is 1.33 bits per heavy atom. The molecule has 2 amide bonds. The lowest BCUT2D eigenvalue weighted by molar-refractivity contribution is -0.124. The van der Waals surface area contributed by atoms with Crippen molar-refractivity contribution in [2.75, 3.05) is 13.1 Å². The predicted molar refractivity (Wildman–Crippen MR) is 84.2 cm³/mol. The third-order valence-corrected chi connectivity index (χ3v) is 4.87. The monoisotopic (exact) mass is 329 g/mol. The molecule has 0 bridgehead atoms. The standard InChI is InChI=1S/C14H20ClN3O2S/c15-12-6-5-11(21-12)7-17-14(20)9-18(8-13(16)19)10-3-1-2-4-10/h5-6,10H,1-4,7-9H2,(H2,16,19)(H,17,20). The van der Waals surface area contributed by atoms with Crippen molar-refractivity contribution in [1.29, 1.82) is 0 Å². The van der Waals surface area contributed by atoms with Crippen molar-refractivity contribution in [3.05, 3.63) is 21.3 Å². The van der Waals surface area contributed by atoms with Crippen molar-refractivity contribution in [1.82, 2.24) is 10.2 Å². The third-order valence-electron chi connectivity index (χ3n) is 3.64. The van der Waals surface area contributed by atoms with Crippen LogP contribution in [0.5, 0.6) is 0 Å². The fourth-order valence-corrected chi connectivity index (χ4v) is 3.68. The van der Waals surface area contributed by atoms with Crippen molar-refractivity contribution in [2.45, 2.75) is 38.3 Å². The highest BCUT2D eigenvalue weighted by Crippen LogP contribution is 2.23. The molecular formula is C14H20ClN3O2S. The van der Waals surface area contributed by atoms with Crippen LogP contribution in [0.3, 0.4) is 0 Å². The number of halogens is 1. The lowest BCUT2D eigenvalue weighted by Gasteiger charge is -2.26. The molecule has 5 nitrogen and oxygen atoms in total. The van der Waals surface area contributed by atoms with Crippen LogP contribution in [0.1, 0.15) is 30.6 Å². The van der Waals surface area contributed by atoms with E-state index in [0.29, 0.717) is 16.9 Å². The zero-order chi connectivity index (χ0) is 15.2. The molecule has 1 aliphatic rings. The minimum Gasteiger partial charge on any atom is -0.369 e. The number of nitrogens with one attached hydrogen (secondary N) is 1. The van der Waals surface area contributed by atoms with Gasteiger partial charge in [0.25, 0.3) is 0 Å². The van der Waals surface area contributed by atoms with Crippen LogP contribution in [0.25, 0.3) is 0 Å². The molecule has 7 heteroatoms. The number of hydrogen-bond donors (Lipinski definition) is 2. The molecule has 0 aromatic carbocycles. The summed E-state index contributed by atoms with van der Waals surface area (Å²) in [4.78, 5) is 26.1. The lowest BCUT2D eigenvalue weighted by atomic mass is 10.2. The van der Waals surface area contributed by atoms with Crippen LogP contribution in [-0.2, 0) is 16.1 Å². The summed E-state index contributed by atoms with van der Waals surface area (Å²) in [5, 5.41) is 2.86. The number of amides is 2. The molecule has 1 heterocycles. The SMILES string of the molecule is NC(=O)CN(CC(=O)NCc1ccc(Cl)s1)C1CCCC1. The number of thiophene rings is 1. The van der Waals surface area contributed by atoms with E-state index < -0.39 is 0 Å². The van der Waals surface area contributed by atoms with Gasteiger partial charge in [-0.1, -0.05) is 24.4 Å². The second kappa shape index (κ2) is 7.77. The molecule has 1 saturated carbocycles. The van der Waals surface area contributed by atoms with Gasteiger partial charge in [-0.05, 0) is 25.0 Å². The van der Waals surface area contributed by atoms with E-state index >= 15 is 0 Å². The Balaban J connectivity index is 1.83. The van der Waals surface area contributed by atoms with Crippen LogP contribution in [-0.4, -0.2) is 35.8 Å². The topological polar surface area (TPSA) is 75.4 Å². The van der Waals surface area contributed by atoms with Gasteiger partial charge in [0.2, 0.25) is 11.8 Å². The number of rotatable bonds is 7. The molecule has 0 saturated heterocycles. The van der Waals surface area contributed by atoms with Crippen LogP contribution in [0.15, 0.2) is 12.1 Å². The number of carbonyl (C=O) groups is 2. The summed E-state index contributed by atoms with van der Waals surface area (Å²) in [5.74, 6) is -0.479. The summed E-state index contributed by atoms with van der Waals surface area (Å²) < 4.78 is 0.709. The van der Waals surface area contributed by atoms with Gasteiger partial charge in [-0.15, -0.1) is 11.3 Å². The molecular weight excluding hydrogens is 310 g/mol. The first kappa shape index (κ1) is 16.3. The Morgan fingerprint density at radius 2 is 2.05 bits per heavy atom. The van der Waals surface area contributed by atoms with Gasteiger partial charge in [0.05, 0.1) is 24.0 Å². The van der Waals surface area contributed by atoms with Crippen molar-refractivity contribution in [2.24, 2.45) is 5.73 Å². The number of hydrogen-bond acceptors (Lipinski definition) is 4. The molecule has 1 aromatic rings. The number of nitrogens with two attached hydrogens (primary N) is 1. The molecule has 0 spiro atoms. The van der Waals surface area contributed by atoms with E-state index in [0.717, 1.165) is 30.6 Å². The molecule has 1 fully saturated rings. The quantitative estimate of drug-likeness (QED) is 0.800. The van der Waals surface area contributed by atoms with Crippen LogP contribution in [0, 0.1) is 0 Å². The highest BCUT2D eigenvalue weighted by Gasteiger charge is 2.25. The van der Waals surface area contributed by atoms with Crippen LogP contribution in [0.2, 0.25) is 4.34 Å². The highest BCUT2D eigenvalue weighted by molar-refractivity contribution is 7.16.